The lowest BCUT2D eigenvalue weighted by atomic mass is 9.91. The van der Waals surface area contributed by atoms with Crippen LogP contribution in [-0.4, -0.2) is 25.0 Å². The molecule has 1 aromatic heterocycles. The second-order valence-corrected chi connectivity index (χ2v) is 13.5. The third-order valence-corrected chi connectivity index (χ3v) is 10.4. The van der Waals surface area contributed by atoms with Crippen molar-refractivity contribution in [3.63, 3.8) is 0 Å². The van der Waals surface area contributed by atoms with Crippen LogP contribution in [0.15, 0.2) is 30.6 Å². The molecule has 4 nitrogen and oxygen atoms in total. The Morgan fingerprint density at radius 3 is 2.58 bits per heavy atom. The van der Waals surface area contributed by atoms with Crippen molar-refractivity contribution >= 4 is 14.0 Å². The van der Waals surface area contributed by atoms with E-state index in [0.717, 1.165) is 30.4 Å². The average Bonchev–Trinajstić information content (AvgIpc) is 3.23. The Balaban J connectivity index is 1.87. The first-order valence-corrected chi connectivity index (χ1v) is 11.7. The van der Waals surface area contributed by atoms with Crippen LogP contribution in [0.4, 0.5) is 5.69 Å². The quantitative estimate of drug-likeness (QED) is 0.641. The Hall–Kier alpha value is -1.17. The standard InChI is InChI=1S/C19H30N2O2Si/c1-13-16(23-24(5,6)18(2,3)4)11-17(22-19(13)8-9-19)14-7-10-21-12-15(14)20/h7,10,12,16-17H,1,8-9,11,20H2,2-6H3/t16-,17-/m1/s1. The molecule has 3 rings (SSSR count). The fourth-order valence-corrected chi connectivity index (χ4v) is 4.43. The summed E-state index contributed by atoms with van der Waals surface area (Å²) in [6.07, 6.45) is 6.32. The van der Waals surface area contributed by atoms with Gasteiger partial charge in [0, 0.05) is 18.2 Å². The number of aromatic nitrogens is 1. The molecule has 2 fully saturated rings. The van der Waals surface area contributed by atoms with Crippen LogP contribution in [0.3, 0.4) is 0 Å². The lowest BCUT2D eigenvalue weighted by molar-refractivity contribution is -0.0693. The average molecular weight is 347 g/mol. The molecule has 1 aliphatic carbocycles. The number of ether oxygens (including phenoxy) is 1. The Kier molecular flexibility index (Phi) is 4.18. The van der Waals surface area contributed by atoms with Crippen molar-refractivity contribution in [3.05, 3.63) is 36.2 Å². The van der Waals surface area contributed by atoms with Gasteiger partial charge in [0.2, 0.25) is 0 Å². The van der Waals surface area contributed by atoms with E-state index in [1.807, 2.05) is 6.07 Å². The molecule has 1 spiro atoms. The van der Waals surface area contributed by atoms with Gasteiger partial charge in [0.25, 0.3) is 0 Å². The molecule has 1 aromatic rings. The lowest BCUT2D eigenvalue weighted by Crippen LogP contribution is -2.48. The number of anilines is 1. The van der Waals surface area contributed by atoms with Crippen molar-refractivity contribution < 1.29 is 9.16 Å². The number of rotatable bonds is 3. The highest BCUT2D eigenvalue weighted by Crippen LogP contribution is 2.56. The molecule has 2 aliphatic rings. The highest BCUT2D eigenvalue weighted by molar-refractivity contribution is 6.74. The van der Waals surface area contributed by atoms with Crippen molar-refractivity contribution in [2.45, 2.75) is 76.0 Å². The predicted octanol–water partition coefficient (Wildman–Crippen LogP) is 4.60. The molecule has 2 heterocycles. The summed E-state index contributed by atoms with van der Waals surface area (Å²) in [5, 5.41) is 0.174. The van der Waals surface area contributed by atoms with Gasteiger partial charge >= 0.3 is 0 Å². The second-order valence-electron chi connectivity index (χ2n) is 8.73. The molecule has 0 radical (unpaired) electrons. The molecule has 24 heavy (non-hydrogen) atoms. The SMILES string of the molecule is C=C1[C@H](O[Si](C)(C)C(C)(C)C)C[C@H](c2ccncc2N)OC12CC2. The van der Waals surface area contributed by atoms with Gasteiger partial charge in [0.1, 0.15) is 0 Å². The van der Waals surface area contributed by atoms with Crippen LogP contribution < -0.4 is 5.73 Å². The van der Waals surface area contributed by atoms with E-state index in [1.165, 1.54) is 0 Å². The van der Waals surface area contributed by atoms with Crippen molar-refractivity contribution in [2.75, 3.05) is 5.73 Å². The van der Waals surface area contributed by atoms with E-state index in [1.54, 1.807) is 12.4 Å². The Labute approximate surface area is 146 Å². The zero-order valence-corrected chi connectivity index (χ0v) is 16.6. The molecule has 0 bridgehead atoms. The molecule has 2 atom stereocenters. The van der Waals surface area contributed by atoms with Crippen LogP contribution in [0.2, 0.25) is 18.1 Å². The Bertz CT molecular complexity index is 647. The topological polar surface area (TPSA) is 57.4 Å². The maximum atomic E-state index is 6.73. The van der Waals surface area contributed by atoms with Gasteiger partial charge in [-0.2, -0.15) is 0 Å². The van der Waals surface area contributed by atoms with Crippen LogP contribution in [-0.2, 0) is 9.16 Å². The number of hydrogen-bond donors (Lipinski definition) is 1. The maximum absolute atomic E-state index is 6.73. The predicted molar refractivity (Wildman–Crippen MR) is 100 cm³/mol. The molecule has 1 saturated carbocycles. The van der Waals surface area contributed by atoms with E-state index in [2.05, 4.69) is 45.4 Å². The third kappa shape index (κ3) is 3.05. The van der Waals surface area contributed by atoms with Crippen LogP contribution in [0.25, 0.3) is 0 Å². The molecule has 2 N–H and O–H groups in total. The van der Waals surface area contributed by atoms with E-state index in [-0.39, 0.29) is 22.8 Å². The highest BCUT2D eigenvalue weighted by Gasteiger charge is 2.55. The lowest BCUT2D eigenvalue weighted by Gasteiger charge is -2.45. The van der Waals surface area contributed by atoms with E-state index >= 15 is 0 Å². The normalized spacial score (nSPS) is 26.6. The fourth-order valence-electron chi connectivity index (χ4n) is 3.13. The smallest absolute Gasteiger partial charge is 0.192 e. The molecule has 1 aliphatic heterocycles. The van der Waals surface area contributed by atoms with Crippen LogP contribution in [0.1, 0.15) is 51.7 Å². The first-order chi connectivity index (χ1) is 11.1. The van der Waals surface area contributed by atoms with Crippen molar-refractivity contribution in [1.29, 1.82) is 0 Å². The zero-order chi connectivity index (χ0) is 17.8. The minimum absolute atomic E-state index is 0.0414. The number of hydrogen-bond acceptors (Lipinski definition) is 4. The van der Waals surface area contributed by atoms with E-state index in [9.17, 15) is 0 Å². The van der Waals surface area contributed by atoms with Gasteiger partial charge in [-0.05, 0) is 42.6 Å². The molecule has 5 heteroatoms. The van der Waals surface area contributed by atoms with Crippen LogP contribution in [0.5, 0.6) is 0 Å². The van der Waals surface area contributed by atoms with Gasteiger partial charge in [-0.25, -0.2) is 0 Å². The summed E-state index contributed by atoms with van der Waals surface area (Å²) in [5.41, 5.74) is 8.77. The summed E-state index contributed by atoms with van der Waals surface area (Å²) < 4.78 is 13.1. The van der Waals surface area contributed by atoms with Gasteiger partial charge in [-0.1, -0.05) is 27.4 Å². The molecule has 0 amide bonds. The minimum atomic E-state index is -1.87. The minimum Gasteiger partial charge on any atom is -0.410 e. The van der Waals surface area contributed by atoms with E-state index in [4.69, 9.17) is 14.9 Å². The molecule has 132 valence electrons. The van der Waals surface area contributed by atoms with Crippen molar-refractivity contribution in [2.24, 2.45) is 0 Å². The number of nitrogens with two attached hydrogens (primary N) is 1. The van der Waals surface area contributed by atoms with Crippen LogP contribution in [0, 0.1) is 0 Å². The number of nitrogens with zero attached hydrogens (tertiary/aromatic N) is 1. The molecular formula is C19H30N2O2Si. The zero-order valence-electron chi connectivity index (χ0n) is 15.6. The fraction of sp³-hybridized carbons (Fsp3) is 0.632. The molecule has 1 saturated heterocycles. The molecule has 0 aromatic carbocycles. The van der Waals surface area contributed by atoms with Gasteiger partial charge in [0.15, 0.2) is 8.32 Å². The summed E-state index contributed by atoms with van der Waals surface area (Å²) in [7, 11) is -1.87. The van der Waals surface area contributed by atoms with Gasteiger partial charge in [-0.15, -0.1) is 0 Å². The van der Waals surface area contributed by atoms with Gasteiger partial charge < -0.3 is 14.9 Å². The summed E-state index contributed by atoms with van der Waals surface area (Å²) in [4.78, 5) is 4.09. The highest BCUT2D eigenvalue weighted by atomic mass is 28.4. The summed E-state index contributed by atoms with van der Waals surface area (Å²) in [6, 6.07) is 1.97. The molecule has 0 unspecified atom stereocenters. The molecular weight excluding hydrogens is 316 g/mol. The summed E-state index contributed by atoms with van der Waals surface area (Å²) in [6.45, 7) is 15.8. The van der Waals surface area contributed by atoms with Crippen molar-refractivity contribution in [1.82, 2.24) is 4.98 Å². The van der Waals surface area contributed by atoms with Gasteiger partial charge in [0.05, 0.1) is 29.7 Å². The third-order valence-electron chi connectivity index (χ3n) is 5.95. The van der Waals surface area contributed by atoms with Crippen molar-refractivity contribution in [3.8, 4) is 0 Å². The monoisotopic (exact) mass is 346 g/mol. The van der Waals surface area contributed by atoms with E-state index in [0.29, 0.717) is 5.69 Å². The first-order valence-electron chi connectivity index (χ1n) is 8.80. The maximum Gasteiger partial charge on any atom is 0.192 e. The first kappa shape index (κ1) is 17.6. The van der Waals surface area contributed by atoms with Gasteiger partial charge in [-0.3, -0.25) is 4.98 Å². The number of pyridine rings is 1. The Morgan fingerprint density at radius 1 is 1.38 bits per heavy atom. The largest absolute Gasteiger partial charge is 0.410 e. The van der Waals surface area contributed by atoms with Crippen LogP contribution >= 0.6 is 0 Å². The summed E-state index contributed by atoms with van der Waals surface area (Å²) in [5.74, 6) is 0. The number of nitrogen functional groups attached to an aromatic ring is 1. The van der Waals surface area contributed by atoms with E-state index < -0.39 is 8.32 Å². The second kappa shape index (κ2) is 5.68. The summed E-state index contributed by atoms with van der Waals surface area (Å²) >= 11 is 0. The Morgan fingerprint density at radius 2 is 2.04 bits per heavy atom.